The van der Waals surface area contributed by atoms with Crippen molar-refractivity contribution < 1.29 is 19.6 Å². The van der Waals surface area contributed by atoms with E-state index < -0.39 is 10.8 Å². The Kier molecular flexibility index (Phi) is 6.05. The lowest BCUT2D eigenvalue weighted by atomic mass is 10.0. The molecule has 0 radical (unpaired) electrons. The van der Waals surface area contributed by atoms with Crippen LogP contribution in [-0.4, -0.2) is 23.0 Å². The van der Waals surface area contributed by atoms with E-state index in [-0.39, 0.29) is 17.0 Å². The average Bonchev–Trinajstić information content (AvgIpc) is 2.83. The van der Waals surface area contributed by atoms with E-state index in [9.17, 15) is 20.0 Å². The molecule has 3 N–H and O–H groups in total. The zero-order chi connectivity index (χ0) is 24.4. The zero-order valence-corrected chi connectivity index (χ0v) is 18.9. The minimum absolute atomic E-state index is 0.0440. The third kappa shape index (κ3) is 4.33. The number of rotatable bonds is 6. The standard InChI is InChI=1S/C26H23N3O5/c1-15-8-9-16(2)21(12-15)28-26(31)20-14-24(18-6-4-5-7-19(18)25(20)30)34-23-11-10-17(29(32)33)13-22(23)27-3/h4-14,27,30H,1-3H3,(H,28,31). The molecular weight excluding hydrogens is 434 g/mol. The maximum absolute atomic E-state index is 13.2. The van der Waals surface area contributed by atoms with Gasteiger partial charge in [0.25, 0.3) is 11.6 Å². The van der Waals surface area contributed by atoms with E-state index in [0.717, 1.165) is 11.1 Å². The largest absolute Gasteiger partial charge is 0.506 e. The van der Waals surface area contributed by atoms with E-state index >= 15 is 0 Å². The van der Waals surface area contributed by atoms with Gasteiger partial charge in [0.2, 0.25) is 0 Å². The summed E-state index contributed by atoms with van der Waals surface area (Å²) in [4.78, 5) is 23.8. The molecule has 4 aromatic carbocycles. The van der Waals surface area contributed by atoms with Gasteiger partial charge in [0.05, 0.1) is 16.2 Å². The quantitative estimate of drug-likeness (QED) is 0.236. The molecule has 4 rings (SSSR count). The average molecular weight is 457 g/mol. The van der Waals surface area contributed by atoms with Crippen LogP contribution in [0.3, 0.4) is 0 Å². The Bertz CT molecular complexity index is 1430. The van der Waals surface area contributed by atoms with Crippen molar-refractivity contribution in [3.63, 3.8) is 0 Å². The molecule has 0 aliphatic carbocycles. The highest BCUT2D eigenvalue weighted by atomic mass is 16.6. The van der Waals surface area contributed by atoms with Crippen molar-refractivity contribution >= 4 is 33.7 Å². The van der Waals surface area contributed by atoms with E-state index in [1.807, 2.05) is 32.0 Å². The van der Waals surface area contributed by atoms with E-state index in [4.69, 9.17) is 4.74 Å². The van der Waals surface area contributed by atoms with Gasteiger partial charge in [0.1, 0.15) is 11.5 Å². The number of nitrogens with one attached hydrogen (secondary N) is 2. The number of amides is 1. The SMILES string of the molecule is CNc1cc([N+](=O)[O-])ccc1Oc1cc(C(=O)Nc2cc(C)ccc2C)c(O)c2ccccc12. The molecule has 8 nitrogen and oxygen atoms in total. The van der Waals surface area contributed by atoms with Gasteiger partial charge in [-0.1, -0.05) is 36.4 Å². The van der Waals surface area contributed by atoms with Gasteiger partial charge in [-0.15, -0.1) is 0 Å². The number of carbonyl (C=O) groups excluding carboxylic acids is 1. The van der Waals surface area contributed by atoms with Crippen molar-refractivity contribution in [1.82, 2.24) is 0 Å². The van der Waals surface area contributed by atoms with E-state index in [1.54, 1.807) is 31.3 Å². The van der Waals surface area contributed by atoms with Gasteiger partial charge in [0.15, 0.2) is 5.75 Å². The van der Waals surface area contributed by atoms with Gasteiger partial charge < -0.3 is 20.5 Å². The smallest absolute Gasteiger partial charge is 0.271 e. The lowest BCUT2D eigenvalue weighted by Crippen LogP contribution is -2.13. The van der Waals surface area contributed by atoms with Crippen LogP contribution in [0.2, 0.25) is 0 Å². The summed E-state index contributed by atoms with van der Waals surface area (Å²) >= 11 is 0. The van der Waals surface area contributed by atoms with Gasteiger partial charge in [-0.2, -0.15) is 0 Å². The molecule has 0 aromatic heterocycles. The normalized spacial score (nSPS) is 10.7. The number of anilines is 2. The van der Waals surface area contributed by atoms with E-state index in [1.165, 1.54) is 24.3 Å². The van der Waals surface area contributed by atoms with Crippen LogP contribution < -0.4 is 15.4 Å². The number of benzene rings is 4. The van der Waals surface area contributed by atoms with Crippen LogP contribution in [0.1, 0.15) is 21.5 Å². The van der Waals surface area contributed by atoms with Gasteiger partial charge in [0, 0.05) is 35.6 Å². The summed E-state index contributed by atoms with van der Waals surface area (Å²) < 4.78 is 6.11. The number of nitrogens with zero attached hydrogens (tertiary/aromatic N) is 1. The Labute approximate surface area is 196 Å². The number of nitro benzene ring substituents is 1. The van der Waals surface area contributed by atoms with Crippen LogP contribution in [0.25, 0.3) is 10.8 Å². The molecule has 34 heavy (non-hydrogen) atoms. The molecule has 8 heteroatoms. The number of non-ortho nitro benzene ring substituents is 1. The van der Waals surface area contributed by atoms with Gasteiger partial charge in [-0.3, -0.25) is 14.9 Å². The molecule has 0 spiro atoms. The third-order valence-corrected chi connectivity index (χ3v) is 5.53. The van der Waals surface area contributed by atoms with Crippen molar-refractivity contribution in [3.05, 3.63) is 93.5 Å². The molecule has 0 aliphatic rings. The maximum atomic E-state index is 13.2. The number of fused-ring (bicyclic) bond motifs is 1. The van der Waals surface area contributed by atoms with Gasteiger partial charge in [-0.05, 0) is 43.2 Å². The van der Waals surface area contributed by atoms with Crippen molar-refractivity contribution in [1.29, 1.82) is 0 Å². The highest BCUT2D eigenvalue weighted by Crippen LogP contribution is 2.40. The van der Waals surface area contributed by atoms with E-state index in [2.05, 4.69) is 10.6 Å². The second-order valence-corrected chi connectivity index (χ2v) is 7.88. The molecule has 0 saturated carbocycles. The molecule has 0 aliphatic heterocycles. The fourth-order valence-corrected chi connectivity index (χ4v) is 3.68. The molecular formula is C26H23N3O5. The fraction of sp³-hybridized carbons (Fsp3) is 0.115. The van der Waals surface area contributed by atoms with Crippen LogP contribution in [0.5, 0.6) is 17.2 Å². The molecule has 0 saturated heterocycles. The lowest BCUT2D eigenvalue weighted by molar-refractivity contribution is -0.384. The highest BCUT2D eigenvalue weighted by Gasteiger charge is 2.20. The number of nitro groups is 1. The summed E-state index contributed by atoms with van der Waals surface area (Å²) in [6.45, 7) is 3.82. The topological polar surface area (TPSA) is 114 Å². The molecule has 0 unspecified atom stereocenters. The minimum atomic E-state index is -0.490. The number of ether oxygens (including phenoxy) is 1. The maximum Gasteiger partial charge on any atom is 0.271 e. The summed E-state index contributed by atoms with van der Waals surface area (Å²) in [5, 5.41) is 28.8. The predicted molar refractivity (Wildman–Crippen MR) is 132 cm³/mol. The number of aromatic hydroxyl groups is 1. The number of carbonyl (C=O) groups is 1. The van der Waals surface area contributed by atoms with E-state index in [0.29, 0.717) is 33.6 Å². The Hall–Kier alpha value is -4.59. The van der Waals surface area contributed by atoms with Crippen molar-refractivity contribution in [2.45, 2.75) is 13.8 Å². The Balaban J connectivity index is 1.79. The minimum Gasteiger partial charge on any atom is -0.506 e. The number of phenols is 1. The lowest BCUT2D eigenvalue weighted by Gasteiger charge is -2.16. The molecule has 172 valence electrons. The first-order chi connectivity index (χ1) is 16.3. The van der Waals surface area contributed by atoms with Crippen LogP contribution in [0.4, 0.5) is 17.1 Å². The van der Waals surface area contributed by atoms with Crippen molar-refractivity contribution in [3.8, 4) is 17.2 Å². The molecule has 0 bridgehead atoms. The Morgan fingerprint density at radius 1 is 0.941 bits per heavy atom. The number of hydrogen-bond acceptors (Lipinski definition) is 6. The Morgan fingerprint density at radius 2 is 1.68 bits per heavy atom. The number of hydrogen-bond donors (Lipinski definition) is 3. The summed E-state index contributed by atoms with van der Waals surface area (Å²) in [6, 6.07) is 18.4. The van der Waals surface area contributed by atoms with Crippen molar-refractivity contribution in [2.24, 2.45) is 0 Å². The molecule has 0 heterocycles. The monoisotopic (exact) mass is 457 g/mol. The first-order valence-corrected chi connectivity index (χ1v) is 10.6. The molecule has 0 fully saturated rings. The van der Waals surface area contributed by atoms with Crippen LogP contribution in [-0.2, 0) is 0 Å². The van der Waals surface area contributed by atoms with Crippen LogP contribution >= 0.6 is 0 Å². The third-order valence-electron chi connectivity index (χ3n) is 5.53. The first kappa shape index (κ1) is 22.6. The zero-order valence-electron chi connectivity index (χ0n) is 18.9. The van der Waals surface area contributed by atoms with Gasteiger partial charge >= 0.3 is 0 Å². The predicted octanol–water partition coefficient (Wildman–Crippen LogP) is 6.16. The van der Waals surface area contributed by atoms with Gasteiger partial charge in [-0.25, -0.2) is 0 Å². The highest BCUT2D eigenvalue weighted by molar-refractivity contribution is 6.11. The first-order valence-electron chi connectivity index (χ1n) is 10.6. The molecule has 4 aromatic rings. The van der Waals surface area contributed by atoms with Crippen molar-refractivity contribution in [2.75, 3.05) is 17.7 Å². The van der Waals surface area contributed by atoms with Crippen LogP contribution in [0, 0.1) is 24.0 Å². The number of phenolic OH excluding ortho intramolecular Hbond substituents is 1. The number of aryl methyl sites for hydroxylation is 2. The summed E-state index contributed by atoms with van der Waals surface area (Å²) in [5.74, 6) is 0.0114. The summed E-state index contributed by atoms with van der Waals surface area (Å²) in [6.07, 6.45) is 0. The summed E-state index contributed by atoms with van der Waals surface area (Å²) in [7, 11) is 1.63. The fourth-order valence-electron chi connectivity index (χ4n) is 3.68. The second-order valence-electron chi connectivity index (χ2n) is 7.88. The Morgan fingerprint density at radius 3 is 2.38 bits per heavy atom. The molecule has 0 atom stereocenters. The molecule has 1 amide bonds. The van der Waals surface area contributed by atoms with Crippen LogP contribution in [0.15, 0.2) is 66.7 Å². The summed E-state index contributed by atoms with van der Waals surface area (Å²) in [5.41, 5.74) is 2.90. The second kappa shape index (κ2) is 9.11.